The molecule has 0 aliphatic heterocycles. The lowest BCUT2D eigenvalue weighted by Gasteiger charge is -2.22. The summed E-state index contributed by atoms with van der Waals surface area (Å²) in [6.07, 6.45) is 5.61. The second kappa shape index (κ2) is 6.67. The molecular formula is C14H20ClNS. The first-order chi connectivity index (χ1) is 8.29. The molecule has 0 heterocycles. The van der Waals surface area contributed by atoms with Gasteiger partial charge in [-0.1, -0.05) is 24.4 Å². The topological polar surface area (TPSA) is 12.0 Å². The zero-order valence-electron chi connectivity index (χ0n) is 10.3. The average Bonchev–Trinajstić information content (AvgIpc) is 2.86. The monoisotopic (exact) mass is 269 g/mol. The van der Waals surface area contributed by atoms with Gasteiger partial charge in [-0.3, -0.25) is 0 Å². The van der Waals surface area contributed by atoms with E-state index >= 15 is 0 Å². The molecule has 1 N–H and O–H groups in total. The number of thioether (sulfide) groups is 1. The summed E-state index contributed by atoms with van der Waals surface area (Å²) in [5.74, 6) is 2.03. The molecule has 1 unspecified atom stereocenters. The molecule has 1 aromatic rings. The van der Waals surface area contributed by atoms with Crippen LogP contribution in [-0.4, -0.2) is 18.8 Å². The number of halogens is 1. The largest absolute Gasteiger partial charge is 0.316 e. The van der Waals surface area contributed by atoms with Crippen molar-refractivity contribution in [1.29, 1.82) is 0 Å². The quantitative estimate of drug-likeness (QED) is 0.804. The van der Waals surface area contributed by atoms with E-state index in [0.717, 1.165) is 16.7 Å². The molecule has 0 radical (unpaired) electrons. The zero-order valence-corrected chi connectivity index (χ0v) is 11.9. The molecule has 0 spiro atoms. The molecule has 17 heavy (non-hydrogen) atoms. The van der Waals surface area contributed by atoms with Crippen LogP contribution in [0.3, 0.4) is 0 Å². The summed E-state index contributed by atoms with van der Waals surface area (Å²) in [5.41, 5.74) is 0. The van der Waals surface area contributed by atoms with Crippen LogP contribution in [0.4, 0.5) is 0 Å². The summed E-state index contributed by atoms with van der Waals surface area (Å²) in [6.45, 7) is 0. The third-order valence-corrected chi connectivity index (χ3v) is 4.97. The molecule has 1 aliphatic carbocycles. The Kier molecular flexibility index (Phi) is 5.20. The lowest BCUT2D eigenvalue weighted by Crippen LogP contribution is -2.34. The van der Waals surface area contributed by atoms with Crippen LogP contribution in [-0.2, 0) is 0 Å². The van der Waals surface area contributed by atoms with Gasteiger partial charge >= 0.3 is 0 Å². The molecule has 0 bridgehead atoms. The number of benzene rings is 1. The van der Waals surface area contributed by atoms with Gasteiger partial charge in [-0.05, 0) is 50.1 Å². The van der Waals surface area contributed by atoms with Gasteiger partial charge in [-0.25, -0.2) is 0 Å². The van der Waals surface area contributed by atoms with Crippen molar-refractivity contribution in [1.82, 2.24) is 5.32 Å². The Labute approximate surface area is 113 Å². The summed E-state index contributed by atoms with van der Waals surface area (Å²) in [4.78, 5) is 1.31. The predicted molar refractivity (Wildman–Crippen MR) is 77.0 cm³/mol. The fourth-order valence-electron chi connectivity index (χ4n) is 2.53. The van der Waals surface area contributed by atoms with Crippen LogP contribution < -0.4 is 5.32 Å². The van der Waals surface area contributed by atoms with Crippen LogP contribution in [0.2, 0.25) is 5.02 Å². The third kappa shape index (κ3) is 3.90. The average molecular weight is 270 g/mol. The van der Waals surface area contributed by atoms with Gasteiger partial charge in [0.25, 0.3) is 0 Å². The van der Waals surface area contributed by atoms with Crippen LogP contribution in [0, 0.1) is 5.92 Å². The fraction of sp³-hybridized carbons (Fsp3) is 0.571. The Hall–Kier alpha value is -0.180. The lowest BCUT2D eigenvalue weighted by atomic mass is 10.0. The molecule has 2 rings (SSSR count). The smallest absolute Gasteiger partial charge is 0.0406 e. The van der Waals surface area contributed by atoms with Gasteiger partial charge in [0.1, 0.15) is 0 Å². The van der Waals surface area contributed by atoms with Crippen molar-refractivity contribution in [3.8, 4) is 0 Å². The lowest BCUT2D eigenvalue weighted by molar-refractivity contribution is 0.410. The van der Waals surface area contributed by atoms with Gasteiger partial charge in [0.15, 0.2) is 0 Å². The van der Waals surface area contributed by atoms with Gasteiger partial charge in [0.05, 0.1) is 0 Å². The fourth-order valence-corrected chi connectivity index (χ4v) is 3.80. The van der Waals surface area contributed by atoms with Gasteiger partial charge in [0.2, 0.25) is 0 Å². The van der Waals surface area contributed by atoms with Crippen molar-refractivity contribution in [3.05, 3.63) is 29.3 Å². The number of rotatable bonds is 5. The summed E-state index contributed by atoms with van der Waals surface area (Å²) >= 11 is 7.81. The van der Waals surface area contributed by atoms with Crippen LogP contribution >= 0.6 is 23.4 Å². The van der Waals surface area contributed by atoms with Crippen molar-refractivity contribution in [3.63, 3.8) is 0 Å². The highest BCUT2D eigenvalue weighted by atomic mass is 35.5. The van der Waals surface area contributed by atoms with Crippen LogP contribution in [0.1, 0.15) is 25.7 Å². The summed E-state index contributed by atoms with van der Waals surface area (Å²) in [5, 5.41) is 4.29. The van der Waals surface area contributed by atoms with Crippen LogP contribution in [0.25, 0.3) is 0 Å². The van der Waals surface area contributed by atoms with Crippen molar-refractivity contribution < 1.29 is 0 Å². The molecular weight excluding hydrogens is 250 g/mol. The molecule has 3 heteroatoms. The maximum atomic E-state index is 5.88. The third-order valence-electron chi connectivity index (χ3n) is 3.58. The zero-order chi connectivity index (χ0) is 12.1. The molecule has 1 nitrogen and oxygen atoms in total. The summed E-state index contributed by atoms with van der Waals surface area (Å²) in [6, 6.07) is 8.79. The van der Waals surface area contributed by atoms with Crippen molar-refractivity contribution in [2.45, 2.75) is 36.6 Å². The Morgan fingerprint density at radius 1 is 1.29 bits per heavy atom. The Bertz CT molecular complexity index is 333. The second-order valence-electron chi connectivity index (χ2n) is 4.70. The Balaban J connectivity index is 1.84. The van der Waals surface area contributed by atoms with E-state index in [1.54, 1.807) is 0 Å². The van der Waals surface area contributed by atoms with Crippen molar-refractivity contribution in [2.24, 2.45) is 5.92 Å². The van der Waals surface area contributed by atoms with Gasteiger partial charge in [0, 0.05) is 21.7 Å². The molecule has 1 aromatic carbocycles. The van der Waals surface area contributed by atoms with Crippen LogP contribution in [0.15, 0.2) is 29.2 Å². The van der Waals surface area contributed by atoms with Crippen LogP contribution in [0.5, 0.6) is 0 Å². The first-order valence-corrected chi connectivity index (χ1v) is 7.71. The first kappa shape index (κ1) is 13.3. The van der Waals surface area contributed by atoms with E-state index in [-0.39, 0.29) is 0 Å². The van der Waals surface area contributed by atoms with E-state index in [2.05, 4.69) is 24.5 Å². The molecule has 1 fully saturated rings. The molecule has 0 aromatic heterocycles. The predicted octanol–water partition coefficient (Wildman–Crippen LogP) is 4.21. The number of hydrogen-bond acceptors (Lipinski definition) is 2. The van der Waals surface area contributed by atoms with E-state index in [4.69, 9.17) is 11.6 Å². The number of hydrogen-bond donors (Lipinski definition) is 1. The van der Waals surface area contributed by atoms with Gasteiger partial charge in [-0.15, -0.1) is 11.8 Å². The minimum Gasteiger partial charge on any atom is -0.316 e. The highest BCUT2D eigenvalue weighted by molar-refractivity contribution is 7.99. The van der Waals surface area contributed by atoms with E-state index in [0.29, 0.717) is 6.04 Å². The SMILES string of the molecule is CNC(CSc1ccc(Cl)cc1)C1CCCC1. The van der Waals surface area contributed by atoms with E-state index in [1.165, 1.54) is 30.6 Å². The minimum atomic E-state index is 0.651. The maximum absolute atomic E-state index is 5.88. The van der Waals surface area contributed by atoms with Gasteiger partial charge in [-0.2, -0.15) is 0 Å². The first-order valence-electron chi connectivity index (χ1n) is 6.35. The van der Waals surface area contributed by atoms with E-state index in [1.807, 2.05) is 23.9 Å². The van der Waals surface area contributed by atoms with Gasteiger partial charge < -0.3 is 5.32 Å². The minimum absolute atomic E-state index is 0.651. The normalized spacial score (nSPS) is 18.5. The van der Waals surface area contributed by atoms with E-state index in [9.17, 15) is 0 Å². The Morgan fingerprint density at radius 3 is 2.53 bits per heavy atom. The standard InChI is InChI=1S/C14H20ClNS/c1-16-14(11-4-2-3-5-11)10-17-13-8-6-12(15)7-9-13/h6-9,11,14,16H,2-5,10H2,1H3. The van der Waals surface area contributed by atoms with Crippen molar-refractivity contribution >= 4 is 23.4 Å². The Morgan fingerprint density at radius 2 is 1.94 bits per heavy atom. The molecule has 0 amide bonds. The highest BCUT2D eigenvalue weighted by Gasteiger charge is 2.23. The molecule has 1 atom stereocenters. The molecule has 0 saturated heterocycles. The van der Waals surface area contributed by atoms with E-state index < -0.39 is 0 Å². The van der Waals surface area contributed by atoms with Crippen molar-refractivity contribution in [2.75, 3.05) is 12.8 Å². The summed E-state index contributed by atoms with van der Waals surface area (Å²) < 4.78 is 0. The maximum Gasteiger partial charge on any atom is 0.0406 e. The molecule has 1 aliphatic rings. The number of nitrogens with one attached hydrogen (secondary N) is 1. The second-order valence-corrected chi connectivity index (χ2v) is 6.23. The molecule has 1 saturated carbocycles. The summed E-state index contributed by atoms with van der Waals surface area (Å²) in [7, 11) is 2.09. The molecule has 94 valence electrons. The highest BCUT2D eigenvalue weighted by Crippen LogP contribution is 2.30.